The fraction of sp³-hybridized carbons (Fsp3) is 0.688. The third-order valence-corrected chi connectivity index (χ3v) is 4.90. The molecule has 2 amide bonds. The Kier molecular flexibility index (Phi) is 4.18. The zero-order chi connectivity index (χ0) is 15.7. The molecule has 0 radical (unpaired) electrons. The first-order valence-corrected chi connectivity index (χ1v) is 8.18. The lowest BCUT2D eigenvalue weighted by molar-refractivity contribution is -0.134. The number of carbonyl (C=O) groups is 2. The van der Waals surface area contributed by atoms with Gasteiger partial charge in [-0.1, -0.05) is 12.8 Å². The van der Waals surface area contributed by atoms with Gasteiger partial charge in [0.05, 0.1) is 0 Å². The van der Waals surface area contributed by atoms with Crippen LogP contribution in [-0.2, 0) is 16.6 Å². The molecule has 2 fully saturated rings. The van der Waals surface area contributed by atoms with E-state index in [0.29, 0.717) is 18.3 Å². The van der Waals surface area contributed by atoms with Crippen molar-refractivity contribution in [3.63, 3.8) is 0 Å². The molecule has 1 aromatic heterocycles. The van der Waals surface area contributed by atoms with Crippen molar-refractivity contribution in [2.24, 2.45) is 7.05 Å². The van der Waals surface area contributed by atoms with Gasteiger partial charge in [0, 0.05) is 38.2 Å². The second-order valence-corrected chi connectivity index (χ2v) is 6.42. The maximum atomic E-state index is 12.4. The van der Waals surface area contributed by atoms with E-state index in [9.17, 15) is 9.59 Å². The molecule has 6 nitrogen and oxygen atoms in total. The Labute approximate surface area is 130 Å². The molecule has 2 heterocycles. The van der Waals surface area contributed by atoms with Crippen LogP contribution in [0.15, 0.2) is 6.07 Å². The molecule has 2 aliphatic rings. The molecule has 1 atom stereocenters. The zero-order valence-corrected chi connectivity index (χ0v) is 13.3. The van der Waals surface area contributed by atoms with Crippen molar-refractivity contribution in [3.8, 4) is 0 Å². The number of hydrogen-bond donors (Lipinski definition) is 1. The van der Waals surface area contributed by atoms with Gasteiger partial charge in [-0.2, -0.15) is 5.10 Å². The Bertz CT molecular complexity index is 575. The lowest BCUT2D eigenvalue weighted by Crippen LogP contribution is -2.42. The van der Waals surface area contributed by atoms with Gasteiger partial charge >= 0.3 is 0 Å². The van der Waals surface area contributed by atoms with Gasteiger partial charge in [-0.3, -0.25) is 14.3 Å². The Morgan fingerprint density at radius 2 is 1.95 bits per heavy atom. The van der Waals surface area contributed by atoms with E-state index in [-0.39, 0.29) is 17.9 Å². The van der Waals surface area contributed by atoms with Crippen LogP contribution in [0.5, 0.6) is 0 Å². The third kappa shape index (κ3) is 2.87. The fourth-order valence-corrected chi connectivity index (χ4v) is 3.77. The minimum absolute atomic E-state index is 0.0367. The molecule has 1 aliphatic carbocycles. The van der Waals surface area contributed by atoms with Crippen molar-refractivity contribution in [1.29, 1.82) is 0 Å². The van der Waals surface area contributed by atoms with Gasteiger partial charge in [-0.25, -0.2) is 0 Å². The summed E-state index contributed by atoms with van der Waals surface area (Å²) in [6.45, 7) is 2.19. The molecule has 6 heteroatoms. The van der Waals surface area contributed by atoms with E-state index < -0.39 is 0 Å². The summed E-state index contributed by atoms with van der Waals surface area (Å²) in [4.78, 5) is 25.6. The molecule has 1 aliphatic heterocycles. The number of nitrogens with zero attached hydrogens (tertiary/aromatic N) is 3. The second-order valence-electron chi connectivity index (χ2n) is 6.42. The van der Waals surface area contributed by atoms with Gasteiger partial charge in [0.25, 0.3) is 0 Å². The number of rotatable bonds is 3. The number of aryl methyl sites for hydroxylation is 1. The summed E-state index contributed by atoms with van der Waals surface area (Å²) in [6.07, 6.45) is 6.56. The van der Waals surface area contributed by atoms with Crippen molar-refractivity contribution in [2.45, 2.75) is 57.4 Å². The number of anilines is 1. The first kappa shape index (κ1) is 15.1. The first-order chi connectivity index (χ1) is 10.6. The van der Waals surface area contributed by atoms with E-state index in [1.54, 1.807) is 4.90 Å². The average Bonchev–Trinajstić information content (AvgIpc) is 3.17. The summed E-state index contributed by atoms with van der Waals surface area (Å²) in [5, 5.41) is 7.31. The van der Waals surface area contributed by atoms with Crippen LogP contribution in [0, 0.1) is 0 Å². The Morgan fingerprint density at radius 1 is 1.23 bits per heavy atom. The maximum absolute atomic E-state index is 12.4. The van der Waals surface area contributed by atoms with Crippen LogP contribution in [0.2, 0.25) is 0 Å². The number of carbonyl (C=O) groups excluding carboxylic acids is 2. The minimum atomic E-state index is -0.352. The monoisotopic (exact) mass is 304 g/mol. The number of likely N-dealkylation sites (tertiary alicyclic amines) is 1. The standard InChI is InChI=1S/C16H24N4O2/c1-11(21)20-9-5-8-13(20)16(22)17-15-10-14(19(2)18-15)12-6-3-4-7-12/h10,12-13H,3-9H2,1-2H3,(H,17,18,22)/t13-/m0/s1. The highest BCUT2D eigenvalue weighted by Crippen LogP contribution is 2.34. The van der Waals surface area contributed by atoms with E-state index >= 15 is 0 Å². The highest BCUT2D eigenvalue weighted by atomic mass is 16.2. The quantitative estimate of drug-likeness (QED) is 0.929. The van der Waals surface area contributed by atoms with E-state index in [2.05, 4.69) is 10.4 Å². The molecule has 22 heavy (non-hydrogen) atoms. The molecule has 0 aromatic carbocycles. The highest BCUT2D eigenvalue weighted by molar-refractivity contribution is 5.96. The summed E-state index contributed by atoms with van der Waals surface area (Å²) in [7, 11) is 1.93. The summed E-state index contributed by atoms with van der Waals surface area (Å²) in [6, 6.07) is 1.63. The number of amides is 2. The van der Waals surface area contributed by atoms with Crippen LogP contribution < -0.4 is 5.32 Å². The van der Waals surface area contributed by atoms with Gasteiger partial charge < -0.3 is 10.2 Å². The summed E-state index contributed by atoms with van der Waals surface area (Å²) >= 11 is 0. The molecule has 1 aromatic rings. The van der Waals surface area contributed by atoms with E-state index in [1.165, 1.54) is 38.3 Å². The number of aromatic nitrogens is 2. The maximum Gasteiger partial charge on any atom is 0.248 e. The number of hydrogen-bond acceptors (Lipinski definition) is 3. The second kappa shape index (κ2) is 6.10. The zero-order valence-electron chi connectivity index (χ0n) is 13.3. The summed E-state index contributed by atoms with van der Waals surface area (Å²) in [5.74, 6) is 1.00. The highest BCUT2D eigenvalue weighted by Gasteiger charge is 2.33. The fourth-order valence-electron chi connectivity index (χ4n) is 3.77. The van der Waals surface area contributed by atoms with Crippen molar-refractivity contribution in [3.05, 3.63) is 11.8 Å². The molecule has 1 saturated heterocycles. The molecule has 0 spiro atoms. The van der Waals surface area contributed by atoms with Crippen molar-refractivity contribution >= 4 is 17.6 Å². The van der Waals surface area contributed by atoms with E-state index in [1.807, 2.05) is 17.8 Å². The summed E-state index contributed by atoms with van der Waals surface area (Å²) < 4.78 is 1.88. The molecular formula is C16H24N4O2. The van der Waals surface area contributed by atoms with Gasteiger partial charge in [0.2, 0.25) is 11.8 Å². The van der Waals surface area contributed by atoms with Crippen molar-refractivity contribution in [2.75, 3.05) is 11.9 Å². The number of nitrogens with one attached hydrogen (secondary N) is 1. The van der Waals surface area contributed by atoms with Crippen LogP contribution in [0.1, 0.15) is 57.1 Å². The first-order valence-electron chi connectivity index (χ1n) is 8.18. The third-order valence-electron chi connectivity index (χ3n) is 4.90. The van der Waals surface area contributed by atoms with Crippen molar-refractivity contribution in [1.82, 2.24) is 14.7 Å². The molecule has 3 rings (SSSR count). The van der Waals surface area contributed by atoms with Gasteiger partial charge in [-0.15, -0.1) is 0 Å². The topological polar surface area (TPSA) is 67.2 Å². The Morgan fingerprint density at radius 3 is 2.64 bits per heavy atom. The molecule has 1 N–H and O–H groups in total. The van der Waals surface area contributed by atoms with Crippen LogP contribution in [0.25, 0.3) is 0 Å². The van der Waals surface area contributed by atoms with E-state index in [4.69, 9.17) is 0 Å². The normalized spacial score (nSPS) is 22.3. The smallest absolute Gasteiger partial charge is 0.248 e. The molecule has 0 bridgehead atoms. The molecular weight excluding hydrogens is 280 g/mol. The average molecular weight is 304 g/mol. The molecule has 120 valence electrons. The lowest BCUT2D eigenvalue weighted by Gasteiger charge is -2.21. The van der Waals surface area contributed by atoms with Crippen LogP contribution in [0.3, 0.4) is 0 Å². The predicted molar refractivity (Wildman–Crippen MR) is 83.5 cm³/mol. The molecule has 0 unspecified atom stereocenters. The van der Waals surface area contributed by atoms with Crippen molar-refractivity contribution < 1.29 is 9.59 Å². The largest absolute Gasteiger partial charge is 0.331 e. The molecule has 1 saturated carbocycles. The minimum Gasteiger partial charge on any atom is -0.331 e. The Balaban J connectivity index is 1.69. The lowest BCUT2D eigenvalue weighted by atomic mass is 10.0. The Hall–Kier alpha value is -1.85. The van der Waals surface area contributed by atoms with Crippen LogP contribution >= 0.6 is 0 Å². The van der Waals surface area contributed by atoms with Crippen LogP contribution in [0.4, 0.5) is 5.82 Å². The van der Waals surface area contributed by atoms with Gasteiger partial charge in [-0.05, 0) is 25.7 Å². The predicted octanol–water partition coefficient (Wildman–Crippen LogP) is 2.03. The summed E-state index contributed by atoms with van der Waals surface area (Å²) in [5.41, 5.74) is 1.20. The van der Waals surface area contributed by atoms with Gasteiger partial charge in [0.1, 0.15) is 6.04 Å². The van der Waals surface area contributed by atoms with Gasteiger partial charge in [0.15, 0.2) is 5.82 Å². The van der Waals surface area contributed by atoms with Crippen LogP contribution in [-0.4, -0.2) is 39.1 Å². The SMILES string of the molecule is CC(=O)N1CCC[C@H]1C(=O)Nc1cc(C2CCCC2)n(C)n1. The van der Waals surface area contributed by atoms with E-state index in [0.717, 1.165) is 12.8 Å².